The summed E-state index contributed by atoms with van der Waals surface area (Å²) >= 11 is 0. The predicted molar refractivity (Wildman–Crippen MR) is 48.8 cm³/mol. The number of aldehydes is 1. The van der Waals surface area contributed by atoms with E-state index in [0.29, 0.717) is 12.3 Å². The molecule has 0 spiro atoms. The molecule has 1 rings (SSSR count). The summed E-state index contributed by atoms with van der Waals surface area (Å²) in [6, 6.07) is 0.202. The van der Waals surface area contributed by atoms with Crippen LogP contribution in [0, 0.1) is 0 Å². The van der Waals surface area contributed by atoms with Crippen LogP contribution in [0.4, 0.5) is 0 Å². The van der Waals surface area contributed by atoms with Gasteiger partial charge in [0.15, 0.2) is 6.29 Å². The molecule has 1 aromatic heterocycles. The zero-order valence-electron chi connectivity index (χ0n) is 7.93. The molecule has 0 radical (unpaired) electrons. The highest BCUT2D eigenvalue weighted by Crippen LogP contribution is 2.13. The highest BCUT2D eigenvalue weighted by Gasteiger charge is 2.11. The van der Waals surface area contributed by atoms with Crippen LogP contribution in [0.5, 0.6) is 0 Å². The first-order valence-corrected chi connectivity index (χ1v) is 4.29. The quantitative estimate of drug-likeness (QED) is 0.644. The van der Waals surface area contributed by atoms with Crippen molar-refractivity contribution in [3.8, 4) is 0 Å². The van der Waals surface area contributed by atoms with Gasteiger partial charge in [-0.2, -0.15) is 0 Å². The number of carbonyl (C=O) groups is 1. The Morgan fingerprint density at radius 3 is 3.08 bits per heavy atom. The average molecular weight is 182 g/mol. The molecule has 0 aliphatic carbocycles. The van der Waals surface area contributed by atoms with Crippen molar-refractivity contribution in [2.24, 2.45) is 0 Å². The molecule has 0 saturated heterocycles. The van der Waals surface area contributed by atoms with Crippen molar-refractivity contribution in [2.75, 3.05) is 13.7 Å². The number of carbonyl (C=O) groups excluding carboxylic acids is 1. The van der Waals surface area contributed by atoms with Crippen molar-refractivity contribution in [3.63, 3.8) is 0 Å². The molecule has 1 unspecified atom stereocenters. The van der Waals surface area contributed by atoms with Crippen LogP contribution in [-0.4, -0.2) is 29.6 Å². The fourth-order valence-corrected chi connectivity index (χ4v) is 1.30. The third-order valence-corrected chi connectivity index (χ3v) is 2.04. The molecule has 0 aliphatic heterocycles. The van der Waals surface area contributed by atoms with E-state index in [1.54, 1.807) is 19.6 Å². The Morgan fingerprint density at radius 2 is 2.54 bits per heavy atom. The zero-order chi connectivity index (χ0) is 9.68. The molecule has 0 bridgehead atoms. The van der Waals surface area contributed by atoms with Gasteiger partial charge in [0, 0.05) is 7.11 Å². The number of nitrogens with zero attached hydrogens (tertiary/aromatic N) is 2. The normalized spacial score (nSPS) is 12.8. The molecule has 1 heterocycles. The van der Waals surface area contributed by atoms with Crippen LogP contribution in [0.1, 0.15) is 29.9 Å². The maximum absolute atomic E-state index is 10.6. The van der Waals surface area contributed by atoms with E-state index in [9.17, 15) is 4.79 Å². The third kappa shape index (κ3) is 2.15. The minimum atomic E-state index is 0.202. The summed E-state index contributed by atoms with van der Waals surface area (Å²) in [5, 5.41) is 0. The van der Waals surface area contributed by atoms with Gasteiger partial charge in [0.2, 0.25) is 0 Å². The first kappa shape index (κ1) is 9.92. The van der Waals surface area contributed by atoms with E-state index in [1.165, 1.54) is 0 Å². The third-order valence-electron chi connectivity index (χ3n) is 2.04. The Kier molecular flexibility index (Phi) is 3.64. The standard InChI is InChI=1S/C9H14N2O2/c1-3-8(6-13-2)11-7-10-4-9(11)5-12/h4-5,7-8H,3,6H2,1-2H3. The molecule has 4 nitrogen and oxygen atoms in total. The van der Waals surface area contributed by atoms with Gasteiger partial charge < -0.3 is 9.30 Å². The number of ether oxygens (including phenoxy) is 1. The minimum absolute atomic E-state index is 0.202. The van der Waals surface area contributed by atoms with Crippen LogP contribution in [0.3, 0.4) is 0 Å². The maximum Gasteiger partial charge on any atom is 0.168 e. The zero-order valence-corrected chi connectivity index (χ0v) is 7.93. The lowest BCUT2D eigenvalue weighted by Crippen LogP contribution is -2.15. The smallest absolute Gasteiger partial charge is 0.168 e. The molecule has 0 saturated carbocycles. The van der Waals surface area contributed by atoms with Gasteiger partial charge in [0.05, 0.1) is 25.2 Å². The van der Waals surface area contributed by atoms with Crippen LogP contribution in [0.15, 0.2) is 12.5 Å². The van der Waals surface area contributed by atoms with E-state index in [4.69, 9.17) is 4.74 Å². The largest absolute Gasteiger partial charge is 0.383 e. The molecule has 72 valence electrons. The highest BCUT2D eigenvalue weighted by molar-refractivity contribution is 5.71. The van der Waals surface area contributed by atoms with E-state index in [1.807, 2.05) is 4.57 Å². The van der Waals surface area contributed by atoms with E-state index < -0.39 is 0 Å². The molecule has 0 amide bonds. The van der Waals surface area contributed by atoms with Crippen LogP contribution in [0.25, 0.3) is 0 Å². The van der Waals surface area contributed by atoms with E-state index >= 15 is 0 Å². The van der Waals surface area contributed by atoms with E-state index in [0.717, 1.165) is 12.7 Å². The molecule has 4 heteroatoms. The topological polar surface area (TPSA) is 44.1 Å². The highest BCUT2D eigenvalue weighted by atomic mass is 16.5. The lowest BCUT2D eigenvalue weighted by Gasteiger charge is -2.16. The summed E-state index contributed by atoms with van der Waals surface area (Å²) in [5.74, 6) is 0. The molecule has 0 aliphatic rings. The number of rotatable bonds is 5. The first-order valence-electron chi connectivity index (χ1n) is 4.29. The molecule has 0 fully saturated rings. The number of hydrogen-bond donors (Lipinski definition) is 0. The Hall–Kier alpha value is -1.16. The van der Waals surface area contributed by atoms with Crippen molar-refractivity contribution in [2.45, 2.75) is 19.4 Å². The lowest BCUT2D eigenvalue weighted by atomic mass is 10.2. The number of aromatic nitrogens is 2. The van der Waals surface area contributed by atoms with Gasteiger partial charge in [0.25, 0.3) is 0 Å². The second-order valence-electron chi connectivity index (χ2n) is 2.86. The molecule has 1 aromatic rings. The van der Waals surface area contributed by atoms with Gasteiger partial charge in [-0.05, 0) is 6.42 Å². The SMILES string of the molecule is CCC(COC)n1cncc1C=O. The Balaban J connectivity index is 2.83. The van der Waals surface area contributed by atoms with Gasteiger partial charge >= 0.3 is 0 Å². The monoisotopic (exact) mass is 182 g/mol. The fourth-order valence-electron chi connectivity index (χ4n) is 1.30. The molecule has 0 N–H and O–H groups in total. The molecular weight excluding hydrogens is 168 g/mol. The van der Waals surface area contributed by atoms with Crippen molar-refractivity contribution in [1.29, 1.82) is 0 Å². The number of imidazole rings is 1. The number of methoxy groups -OCH3 is 1. The Labute approximate surface area is 77.5 Å². The fraction of sp³-hybridized carbons (Fsp3) is 0.556. The van der Waals surface area contributed by atoms with Gasteiger partial charge in [-0.1, -0.05) is 6.92 Å². The summed E-state index contributed by atoms with van der Waals surface area (Å²) in [4.78, 5) is 14.5. The summed E-state index contributed by atoms with van der Waals surface area (Å²) in [5.41, 5.74) is 0.601. The Bertz CT molecular complexity index is 270. The van der Waals surface area contributed by atoms with Gasteiger partial charge in [-0.25, -0.2) is 4.98 Å². The van der Waals surface area contributed by atoms with E-state index in [2.05, 4.69) is 11.9 Å². The van der Waals surface area contributed by atoms with Gasteiger partial charge in [0.1, 0.15) is 5.69 Å². The van der Waals surface area contributed by atoms with Crippen LogP contribution in [-0.2, 0) is 4.74 Å². The number of hydrogen-bond acceptors (Lipinski definition) is 3. The molecule has 13 heavy (non-hydrogen) atoms. The van der Waals surface area contributed by atoms with Crippen molar-refractivity contribution >= 4 is 6.29 Å². The van der Waals surface area contributed by atoms with Crippen molar-refractivity contribution in [1.82, 2.24) is 9.55 Å². The van der Waals surface area contributed by atoms with Gasteiger partial charge in [-0.3, -0.25) is 4.79 Å². The summed E-state index contributed by atoms with van der Waals surface area (Å²) in [7, 11) is 1.65. The second-order valence-corrected chi connectivity index (χ2v) is 2.86. The van der Waals surface area contributed by atoms with E-state index in [-0.39, 0.29) is 6.04 Å². The predicted octanol–water partition coefficient (Wildman–Crippen LogP) is 1.29. The maximum atomic E-state index is 10.6. The van der Waals surface area contributed by atoms with Crippen molar-refractivity contribution < 1.29 is 9.53 Å². The minimum Gasteiger partial charge on any atom is -0.383 e. The molecule has 1 atom stereocenters. The summed E-state index contributed by atoms with van der Waals surface area (Å²) in [6.07, 6.45) is 4.96. The first-order chi connectivity index (χ1) is 6.33. The molecular formula is C9H14N2O2. The van der Waals surface area contributed by atoms with Crippen LogP contribution < -0.4 is 0 Å². The summed E-state index contributed by atoms with van der Waals surface area (Å²) in [6.45, 7) is 2.66. The van der Waals surface area contributed by atoms with Crippen molar-refractivity contribution in [3.05, 3.63) is 18.2 Å². The Morgan fingerprint density at radius 1 is 1.77 bits per heavy atom. The van der Waals surface area contributed by atoms with Crippen LogP contribution in [0.2, 0.25) is 0 Å². The lowest BCUT2D eigenvalue weighted by molar-refractivity contribution is 0.110. The second kappa shape index (κ2) is 4.77. The molecule has 0 aromatic carbocycles. The summed E-state index contributed by atoms with van der Waals surface area (Å²) < 4.78 is 6.90. The van der Waals surface area contributed by atoms with Gasteiger partial charge in [-0.15, -0.1) is 0 Å². The average Bonchev–Trinajstić information content (AvgIpc) is 2.61. The van der Waals surface area contributed by atoms with Crippen LogP contribution >= 0.6 is 0 Å².